The maximum atomic E-state index is 12.5. The predicted molar refractivity (Wildman–Crippen MR) is 94.7 cm³/mol. The Kier molecular flexibility index (Phi) is 7.60. The molecule has 1 aromatic carbocycles. The molecule has 1 heterocycles. The van der Waals surface area contributed by atoms with Crippen LogP contribution in [-0.2, 0) is 25.7 Å². The van der Waals surface area contributed by atoms with Crippen molar-refractivity contribution in [1.82, 2.24) is 4.90 Å². The summed E-state index contributed by atoms with van der Waals surface area (Å²) in [6, 6.07) is 7.63. The third-order valence-electron chi connectivity index (χ3n) is 4.39. The molecule has 27 heavy (non-hydrogen) atoms. The minimum absolute atomic E-state index is 0.0262. The molecule has 8 heteroatoms. The summed E-state index contributed by atoms with van der Waals surface area (Å²) in [4.78, 5) is 37.5. The second-order valence-electron chi connectivity index (χ2n) is 6.49. The Bertz CT molecular complexity index is 649. The summed E-state index contributed by atoms with van der Waals surface area (Å²) >= 11 is 0. The van der Waals surface area contributed by atoms with Crippen LogP contribution < -0.4 is 0 Å². The van der Waals surface area contributed by atoms with Gasteiger partial charge in [-0.05, 0) is 18.4 Å². The third-order valence-corrected chi connectivity index (χ3v) is 4.39. The number of esters is 1. The van der Waals surface area contributed by atoms with Crippen LogP contribution in [0.5, 0.6) is 0 Å². The van der Waals surface area contributed by atoms with E-state index in [1.54, 1.807) is 24.3 Å². The Morgan fingerprint density at radius 2 is 1.89 bits per heavy atom. The van der Waals surface area contributed by atoms with Gasteiger partial charge in [-0.3, -0.25) is 9.69 Å². The van der Waals surface area contributed by atoms with Crippen LogP contribution in [0.25, 0.3) is 0 Å². The van der Waals surface area contributed by atoms with E-state index in [9.17, 15) is 24.6 Å². The Morgan fingerprint density at radius 3 is 2.52 bits per heavy atom. The molecule has 0 bridgehead atoms. The fourth-order valence-corrected chi connectivity index (χ4v) is 2.97. The molecule has 8 nitrogen and oxygen atoms in total. The molecule has 0 saturated carbocycles. The second kappa shape index (κ2) is 9.91. The number of likely N-dealkylation sites (tertiary alicyclic amines) is 1. The van der Waals surface area contributed by atoms with Crippen molar-refractivity contribution in [2.75, 3.05) is 13.2 Å². The van der Waals surface area contributed by atoms with Crippen molar-refractivity contribution in [2.45, 2.75) is 44.9 Å². The number of β-amino-alcohol motifs (C(OH)–C–C–N with tert-alkyl or cyclic N) is 1. The number of hydrogen-bond donors (Lipinski definition) is 2. The van der Waals surface area contributed by atoms with Gasteiger partial charge in [0, 0.05) is 0 Å². The van der Waals surface area contributed by atoms with E-state index in [2.05, 4.69) is 0 Å². The zero-order chi connectivity index (χ0) is 19.8. The molecule has 1 amide bonds. The number of amides is 1. The van der Waals surface area contributed by atoms with Gasteiger partial charge in [0.25, 0.3) is 0 Å². The number of carbonyl (C=O) groups is 3. The van der Waals surface area contributed by atoms with Crippen LogP contribution in [-0.4, -0.2) is 58.4 Å². The largest absolute Gasteiger partial charge is 0.481 e. The number of carbonyl (C=O) groups excluding carboxylic acids is 2. The smallest absolute Gasteiger partial charge is 0.410 e. The van der Waals surface area contributed by atoms with Gasteiger partial charge < -0.3 is 19.7 Å². The lowest BCUT2D eigenvalue weighted by Gasteiger charge is -2.39. The number of unbranched alkanes of at least 4 members (excludes halogenated alkanes) is 1. The fraction of sp³-hybridized carbons (Fsp3) is 0.526. The Morgan fingerprint density at radius 1 is 1.19 bits per heavy atom. The number of piperidine rings is 1. The van der Waals surface area contributed by atoms with E-state index >= 15 is 0 Å². The van der Waals surface area contributed by atoms with Crippen LogP contribution in [0.15, 0.2) is 30.3 Å². The number of rotatable bonds is 7. The lowest BCUT2D eigenvalue weighted by Crippen LogP contribution is -2.59. The molecule has 148 valence electrons. The van der Waals surface area contributed by atoms with E-state index in [0.717, 1.165) is 16.9 Å². The molecule has 0 spiro atoms. The van der Waals surface area contributed by atoms with Crippen LogP contribution in [0.3, 0.4) is 0 Å². The first-order valence-electron chi connectivity index (χ1n) is 8.98. The lowest BCUT2D eigenvalue weighted by molar-refractivity contribution is -0.164. The van der Waals surface area contributed by atoms with Gasteiger partial charge in [0.2, 0.25) is 0 Å². The molecule has 0 radical (unpaired) electrons. The van der Waals surface area contributed by atoms with E-state index in [0.29, 0.717) is 6.42 Å². The molecule has 1 fully saturated rings. The van der Waals surface area contributed by atoms with Gasteiger partial charge >= 0.3 is 18.0 Å². The number of nitrogens with zero attached hydrogens (tertiary/aromatic N) is 1. The molecule has 3 atom stereocenters. The number of aliphatic carboxylic acids is 1. The van der Waals surface area contributed by atoms with Gasteiger partial charge in [-0.2, -0.15) is 0 Å². The van der Waals surface area contributed by atoms with Gasteiger partial charge in [0.15, 0.2) is 0 Å². The first-order valence-corrected chi connectivity index (χ1v) is 8.98. The molecule has 1 saturated heterocycles. The van der Waals surface area contributed by atoms with Crippen LogP contribution in [0.4, 0.5) is 4.79 Å². The molecule has 0 aliphatic carbocycles. The molecule has 1 aliphatic heterocycles. The van der Waals surface area contributed by atoms with Gasteiger partial charge in [-0.15, -0.1) is 0 Å². The van der Waals surface area contributed by atoms with Crippen LogP contribution in [0, 0.1) is 5.92 Å². The second-order valence-corrected chi connectivity index (χ2v) is 6.49. The van der Waals surface area contributed by atoms with E-state index < -0.39 is 36.1 Å². The summed E-state index contributed by atoms with van der Waals surface area (Å²) in [6.07, 6.45) is -0.610. The summed E-state index contributed by atoms with van der Waals surface area (Å²) < 4.78 is 10.4. The molecule has 2 N–H and O–H groups in total. The minimum Gasteiger partial charge on any atom is -0.481 e. The quantitative estimate of drug-likeness (QED) is 0.548. The number of benzene rings is 1. The highest BCUT2D eigenvalue weighted by molar-refractivity contribution is 5.87. The lowest BCUT2D eigenvalue weighted by atomic mass is 9.88. The normalized spacial score (nSPS) is 22.1. The number of carboxylic acids is 1. The van der Waals surface area contributed by atoms with Crippen molar-refractivity contribution < 1.29 is 34.1 Å². The zero-order valence-electron chi connectivity index (χ0n) is 15.2. The summed E-state index contributed by atoms with van der Waals surface area (Å²) in [5, 5.41) is 19.4. The fourth-order valence-electron chi connectivity index (χ4n) is 2.97. The van der Waals surface area contributed by atoms with Gasteiger partial charge in [0.05, 0.1) is 25.2 Å². The van der Waals surface area contributed by atoms with Crippen molar-refractivity contribution in [3.05, 3.63) is 35.9 Å². The molecule has 0 aromatic heterocycles. The first-order chi connectivity index (χ1) is 12.9. The van der Waals surface area contributed by atoms with Gasteiger partial charge in [-0.25, -0.2) is 9.59 Å². The molecule has 2 rings (SSSR count). The number of aliphatic hydroxyl groups excluding tert-OH is 1. The first kappa shape index (κ1) is 20.7. The standard InChI is InChI=1S/C19H25NO7/c1-2-3-9-26-18(24)16-15(17(22)23)10-14(21)11-20(16)19(25)27-12-13-7-5-4-6-8-13/h4-8,14-16,21H,2-3,9-12H2,1H3,(H,22,23)/t14?,15-,16-/m0/s1. The predicted octanol–water partition coefficient (Wildman–Crippen LogP) is 1.80. The number of hydrogen-bond acceptors (Lipinski definition) is 6. The van der Waals surface area contributed by atoms with E-state index in [1.165, 1.54) is 0 Å². The average Bonchev–Trinajstić information content (AvgIpc) is 2.66. The number of carboxylic acid groups (broad SMARTS) is 1. The Hall–Kier alpha value is -2.61. The maximum Gasteiger partial charge on any atom is 0.410 e. The number of ether oxygens (including phenoxy) is 2. The van der Waals surface area contributed by atoms with Crippen LogP contribution in [0.1, 0.15) is 31.7 Å². The summed E-state index contributed by atoms with van der Waals surface area (Å²) in [5.74, 6) is -3.32. The van der Waals surface area contributed by atoms with E-state index in [-0.39, 0.29) is 26.2 Å². The highest BCUT2D eigenvalue weighted by atomic mass is 16.6. The molecule has 1 aromatic rings. The van der Waals surface area contributed by atoms with Crippen molar-refractivity contribution >= 4 is 18.0 Å². The highest BCUT2D eigenvalue weighted by Gasteiger charge is 2.47. The van der Waals surface area contributed by atoms with Crippen molar-refractivity contribution in [1.29, 1.82) is 0 Å². The van der Waals surface area contributed by atoms with Crippen molar-refractivity contribution in [2.24, 2.45) is 5.92 Å². The van der Waals surface area contributed by atoms with Crippen LogP contribution >= 0.6 is 0 Å². The highest BCUT2D eigenvalue weighted by Crippen LogP contribution is 2.26. The monoisotopic (exact) mass is 379 g/mol. The average molecular weight is 379 g/mol. The van der Waals surface area contributed by atoms with Crippen molar-refractivity contribution in [3.8, 4) is 0 Å². The van der Waals surface area contributed by atoms with Gasteiger partial charge in [-0.1, -0.05) is 43.7 Å². The molecular weight excluding hydrogens is 354 g/mol. The third kappa shape index (κ3) is 5.68. The summed E-state index contributed by atoms with van der Waals surface area (Å²) in [7, 11) is 0. The SMILES string of the molecule is CCCCOC(=O)[C@@H]1[C@@H](C(=O)O)CC(O)CN1C(=O)OCc1ccccc1. The van der Waals surface area contributed by atoms with Crippen LogP contribution in [0.2, 0.25) is 0 Å². The number of aliphatic hydroxyl groups is 1. The molecule has 1 aliphatic rings. The summed E-state index contributed by atoms with van der Waals surface area (Å²) in [5.41, 5.74) is 0.750. The maximum absolute atomic E-state index is 12.5. The van der Waals surface area contributed by atoms with E-state index in [1.807, 2.05) is 13.0 Å². The Labute approximate surface area is 157 Å². The molecular formula is C19H25NO7. The molecule has 1 unspecified atom stereocenters. The van der Waals surface area contributed by atoms with E-state index in [4.69, 9.17) is 9.47 Å². The van der Waals surface area contributed by atoms with Gasteiger partial charge in [0.1, 0.15) is 12.6 Å². The summed E-state index contributed by atoms with van der Waals surface area (Å²) in [6.45, 7) is 1.86. The topological polar surface area (TPSA) is 113 Å². The zero-order valence-corrected chi connectivity index (χ0v) is 15.2. The Balaban J connectivity index is 2.13. The van der Waals surface area contributed by atoms with Crippen molar-refractivity contribution in [3.63, 3.8) is 0 Å². The minimum atomic E-state index is -1.33.